The van der Waals surface area contributed by atoms with Crippen LogP contribution in [0.15, 0.2) is 0 Å². The van der Waals surface area contributed by atoms with Crippen LogP contribution in [0.3, 0.4) is 0 Å². The Morgan fingerprint density at radius 2 is 2.10 bits per heavy atom. The van der Waals surface area contributed by atoms with Crippen molar-refractivity contribution in [1.82, 2.24) is 4.90 Å². The summed E-state index contributed by atoms with van der Waals surface area (Å²) in [6, 6.07) is 0. The standard InChI is InChI=1S/C7H14N2O/c1-7(2,3)9-5(8)4-6(9)10/h5H,4,8H2,1-3H3. The summed E-state index contributed by atoms with van der Waals surface area (Å²) in [4.78, 5) is 12.6. The van der Waals surface area contributed by atoms with Gasteiger partial charge in [0.15, 0.2) is 0 Å². The minimum absolute atomic E-state index is 0.0486. The highest BCUT2D eigenvalue weighted by atomic mass is 16.2. The van der Waals surface area contributed by atoms with Gasteiger partial charge in [-0.3, -0.25) is 4.79 Å². The maximum Gasteiger partial charge on any atom is 0.227 e. The first-order chi connectivity index (χ1) is 4.43. The second-order valence-corrected chi connectivity index (χ2v) is 3.71. The van der Waals surface area contributed by atoms with Gasteiger partial charge < -0.3 is 10.6 Å². The number of nitrogens with two attached hydrogens (primary N) is 1. The van der Waals surface area contributed by atoms with Gasteiger partial charge in [0.25, 0.3) is 0 Å². The van der Waals surface area contributed by atoms with Crippen molar-refractivity contribution in [2.24, 2.45) is 5.73 Å². The number of hydrogen-bond acceptors (Lipinski definition) is 2. The summed E-state index contributed by atoms with van der Waals surface area (Å²) in [5.74, 6) is 0.167. The quantitative estimate of drug-likeness (QED) is 0.494. The van der Waals surface area contributed by atoms with Gasteiger partial charge in [0.2, 0.25) is 5.91 Å². The minimum atomic E-state index is -0.102. The van der Waals surface area contributed by atoms with Crippen molar-refractivity contribution in [3.8, 4) is 0 Å². The third-order valence-electron chi connectivity index (χ3n) is 1.71. The monoisotopic (exact) mass is 142 g/mol. The lowest BCUT2D eigenvalue weighted by molar-refractivity contribution is -0.153. The third-order valence-corrected chi connectivity index (χ3v) is 1.71. The van der Waals surface area contributed by atoms with Gasteiger partial charge >= 0.3 is 0 Å². The smallest absolute Gasteiger partial charge is 0.227 e. The van der Waals surface area contributed by atoms with Crippen molar-refractivity contribution >= 4 is 5.91 Å². The van der Waals surface area contributed by atoms with Gasteiger partial charge in [0.1, 0.15) is 0 Å². The fourth-order valence-corrected chi connectivity index (χ4v) is 1.31. The molecular weight excluding hydrogens is 128 g/mol. The molecule has 1 fully saturated rings. The van der Waals surface area contributed by atoms with E-state index in [9.17, 15) is 4.79 Å². The Morgan fingerprint density at radius 1 is 1.60 bits per heavy atom. The molecule has 0 aromatic heterocycles. The van der Waals surface area contributed by atoms with Crippen LogP contribution in [0.25, 0.3) is 0 Å². The summed E-state index contributed by atoms with van der Waals surface area (Å²) < 4.78 is 0. The molecule has 1 rings (SSSR count). The Kier molecular flexibility index (Phi) is 1.47. The number of hydrogen-bond donors (Lipinski definition) is 1. The Balaban J connectivity index is 2.64. The van der Waals surface area contributed by atoms with E-state index in [2.05, 4.69) is 0 Å². The molecule has 1 saturated heterocycles. The van der Waals surface area contributed by atoms with E-state index < -0.39 is 0 Å². The Hall–Kier alpha value is -0.570. The zero-order chi connectivity index (χ0) is 7.94. The number of rotatable bonds is 0. The average molecular weight is 142 g/mol. The normalized spacial score (nSPS) is 26.6. The lowest BCUT2D eigenvalue weighted by atomic mass is 9.98. The third kappa shape index (κ3) is 1.01. The molecule has 1 aliphatic heterocycles. The molecule has 1 amide bonds. The number of likely N-dealkylation sites (tertiary alicyclic amines) is 1. The topological polar surface area (TPSA) is 46.3 Å². The first kappa shape index (κ1) is 7.54. The van der Waals surface area contributed by atoms with E-state index in [1.807, 2.05) is 20.8 Å². The van der Waals surface area contributed by atoms with Crippen LogP contribution in [0.2, 0.25) is 0 Å². The van der Waals surface area contributed by atoms with E-state index >= 15 is 0 Å². The zero-order valence-corrected chi connectivity index (χ0v) is 6.72. The van der Waals surface area contributed by atoms with Crippen LogP contribution in [0.5, 0.6) is 0 Å². The van der Waals surface area contributed by atoms with Gasteiger partial charge in [0.05, 0.1) is 12.6 Å². The van der Waals surface area contributed by atoms with Gasteiger partial charge in [0, 0.05) is 5.54 Å². The van der Waals surface area contributed by atoms with Gasteiger partial charge in [-0.2, -0.15) is 0 Å². The molecule has 0 bridgehead atoms. The second-order valence-electron chi connectivity index (χ2n) is 3.71. The number of β-lactam (4-membered cyclic amide) rings is 1. The molecule has 0 saturated carbocycles. The summed E-state index contributed by atoms with van der Waals surface area (Å²) >= 11 is 0. The highest BCUT2D eigenvalue weighted by molar-refractivity contribution is 5.83. The first-order valence-corrected chi connectivity index (χ1v) is 3.50. The van der Waals surface area contributed by atoms with Crippen LogP contribution in [-0.4, -0.2) is 22.5 Å². The number of carbonyl (C=O) groups excluding carboxylic acids is 1. The summed E-state index contributed by atoms with van der Waals surface area (Å²) in [5.41, 5.74) is 5.50. The fourth-order valence-electron chi connectivity index (χ4n) is 1.31. The molecule has 1 heterocycles. The van der Waals surface area contributed by atoms with Crippen molar-refractivity contribution in [2.75, 3.05) is 0 Å². The highest BCUT2D eigenvalue weighted by Crippen LogP contribution is 2.25. The molecule has 2 N–H and O–H groups in total. The maximum atomic E-state index is 10.9. The molecule has 3 heteroatoms. The summed E-state index contributed by atoms with van der Waals surface area (Å²) in [6.07, 6.45) is 0.463. The maximum absolute atomic E-state index is 10.9. The van der Waals surface area contributed by atoms with Crippen molar-refractivity contribution in [3.05, 3.63) is 0 Å². The van der Waals surface area contributed by atoms with Crippen LogP contribution in [0, 0.1) is 0 Å². The lowest BCUT2D eigenvalue weighted by Gasteiger charge is -2.47. The molecular formula is C7H14N2O. The molecule has 0 aromatic rings. The predicted molar refractivity (Wildman–Crippen MR) is 39.2 cm³/mol. The molecule has 1 atom stereocenters. The van der Waals surface area contributed by atoms with Crippen LogP contribution >= 0.6 is 0 Å². The van der Waals surface area contributed by atoms with E-state index in [0.717, 1.165) is 0 Å². The van der Waals surface area contributed by atoms with E-state index in [1.54, 1.807) is 4.90 Å². The van der Waals surface area contributed by atoms with Gasteiger partial charge in [-0.1, -0.05) is 0 Å². The Bertz CT molecular complexity index is 159. The molecule has 1 aliphatic rings. The minimum Gasteiger partial charge on any atom is -0.322 e. The molecule has 3 nitrogen and oxygen atoms in total. The number of carbonyl (C=O) groups is 1. The lowest BCUT2D eigenvalue weighted by Crippen LogP contribution is -2.64. The van der Waals surface area contributed by atoms with Crippen LogP contribution in [0.4, 0.5) is 0 Å². The highest BCUT2D eigenvalue weighted by Gasteiger charge is 2.40. The Labute approximate surface area is 61.2 Å². The van der Waals surface area contributed by atoms with Crippen LogP contribution in [0.1, 0.15) is 27.2 Å². The second kappa shape index (κ2) is 1.95. The molecule has 0 radical (unpaired) electrons. The van der Waals surface area contributed by atoms with Crippen molar-refractivity contribution in [3.63, 3.8) is 0 Å². The SMILES string of the molecule is CC(C)(C)N1C(=O)CC1N. The van der Waals surface area contributed by atoms with Gasteiger partial charge in [-0.05, 0) is 20.8 Å². The van der Waals surface area contributed by atoms with E-state index in [4.69, 9.17) is 5.73 Å². The predicted octanol–water partition coefficient (Wildman–Crippen LogP) is 0.302. The van der Waals surface area contributed by atoms with E-state index in [0.29, 0.717) is 6.42 Å². The summed E-state index contributed by atoms with van der Waals surface area (Å²) in [6.45, 7) is 5.97. The molecule has 10 heavy (non-hydrogen) atoms. The van der Waals surface area contributed by atoms with Gasteiger partial charge in [-0.15, -0.1) is 0 Å². The molecule has 0 aromatic carbocycles. The fraction of sp³-hybridized carbons (Fsp3) is 0.857. The van der Waals surface area contributed by atoms with Crippen LogP contribution < -0.4 is 5.73 Å². The average Bonchev–Trinajstić information content (AvgIpc) is 1.58. The molecule has 1 unspecified atom stereocenters. The van der Waals surface area contributed by atoms with Crippen molar-refractivity contribution in [2.45, 2.75) is 38.9 Å². The summed E-state index contributed by atoms with van der Waals surface area (Å²) in [5, 5.41) is 0. The summed E-state index contributed by atoms with van der Waals surface area (Å²) in [7, 11) is 0. The number of nitrogens with zero attached hydrogens (tertiary/aromatic N) is 1. The van der Waals surface area contributed by atoms with Crippen molar-refractivity contribution in [1.29, 1.82) is 0 Å². The van der Waals surface area contributed by atoms with Gasteiger partial charge in [-0.25, -0.2) is 0 Å². The zero-order valence-electron chi connectivity index (χ0n) is 6.72. The first-order valence-electron chi connectivity index (χ1n) is 3.50. The van der Waals surface area contributed by atoms with E-state index in [1.165, 1.54) is 0 Å². The molecule has 0 aliphatic carbocycles. The van der Waals surface area contributed by atoms with Crippen LogP contribution in [-0.2, 0) is 4.79 Å². The number of amides is 1. The molecule has 58 valence electrons. The Morgan fingerprint density at radius 3 is 2.20 bits per heavy atom. The van der Waals surface area contributed by atoms with Crippen molar-refractivity contribution < 1.29 is 4.79 Å². The molecule has 0 spiro atoms. The largest absolute Gasteiger partial charge is 0.322 e. The van der Waals surface area contributed by atoms with E-state index in [-0.39, 0.29) is 17.6 Å².